The minimum absolute atomic E-state index is 0.298. The molecule has 0 aromatic carbocycles. The smallest absolute Gasteiger partial charge is 0.222 e. The predicted molar refractivity (Wildman–Crippen MR) is 101 cm³/mol. The van der Waals surface area contributed by atoms with E-state index in [9.17, 15) is 4.79 Å². The van der Waals surface area contributed by atoms with Gasteiger partial charge in [-0.1, -0.05) is 0 Å². The zero-order chi connectivity index (χ0) is 17.9. The normalized spacial score (nSPS) is 15.9. The molecule has 1 heterocycles. The second-order valence-corrected chi connectivity index (χ2v) is 6.95. The van der Waals surface area contributed by atoms with Crippen LogP contribution in [0.4, 0.5) is 0 Å². The van der Waals surface area contributed by atoms with Gasteiger partial charge in [0, 0.05) is 57.8 Å². The molecule has 0 radical (unpaired) electrons. The Labute approximate surface area is 148 Å². The highest BCUT2D eigenvalue weighted by Crippen LogP contribution is 2.09. The number of aliphatic imine (C=N–C) groups is 1. The van der Waals surface area contributed by atoms with Gasteiger partial charge in [0.25, 0.3) is 0 Å². The van der Waals surface area contributed by atoms with Gasteiger partial charge in [0.1, 0.15) is 0 Å². The molecule has 140 valence electrons. The highest BCUT2D eigenvalue weighted by atomic mass is 16.2. The van der Waals surface area contributed by atoms with E-state index in [0.29, 0.717) is 18.0 Å². The summed E-state index contributed by atoms with van der Waals surface area (Å²) in [6.07, 6.45) is 2.65. The average Bonchev–Trinajstić information content (AvgIpc) is 2.92. The van der Waals surface area contributed by atoms with Crippen molar-refractivity contribution in [2.75, 3.05) is 39.3 Å². The van der Waals surface area contributed by atoms with Crippen LogP contribution in [0.25, 0.3) is 0 Å². The monoisotopic (exact) mass is 339 g/mol. The molecule has 1 aliphatic rings. The molecule has 6 heteroatoms. The fourth-order valence-corrected chi connectivity index (χ4v) is 3.15. The van der Waals surface area contributed by atoms with E-state index >= 15 is 0 Å². The molecule has 24 heavy (non-hydrogen) atoms. The topological polar surface area (TPSA) is 60.0 Å². The van der Waals surface area contributed by atoms with E-state index in [1.165, 1.54) is 0 Å². The summed E-state index contributed by atoms with van der Waals surface area (Å²) in [5, 5.41) is 6.71. The van der Waals surface area contributed by atoms with Gasteiger partial charge in [-0.25, -0.2) is 0 Å². The minimum atomic E-state index is 0.298. The van der Waals surface area contributed by atoms with Crippen LogP contribution in [0.15, 0.2) is 4.99 Å². The number of amides is 1. The van der Waals surface area contributed by atoms with Crippen LogP contribution in [0, 0.1) is 0 Å². The molecule has 1 fully saturated rings. The lowest BCUT2D eigenvalue weighted by Gasteiger charge is -2.30. The number of likely N-dealkylation sites (tertiary alicyclic amines) is 1. The first-order chi connectivity index (χ1) is 11.5. The molecule has 1 amide bonds. The molecule has 0 aromatic rings. The van der Waals surface area contributed by atoms with Crippen LogP contribution in [0.5, 0.6) is 0 Å². The van der Waals surface area contributed by atoms with Gasteiger partial charge in [0.05, 0.1) is 0 Å². The fourth-order valence-electron chi connectivity index (χ4n) is 3.15. The fraction of sp³-hybridized carbons (Fsp3) is 0.889. The summed E-state index contributed by atoms with van der Waals surface area (Å²) in [5.74, 6) is 1.17. The lowest BCUT2D eigenvalue weighted by atomic mass is 10.2. The Balaban J connectivity index is 2.32. The first-order valence-electron chi connectivity index (χ1n) is 9.51. The third kappa shape index (κ3) is 7.51. The van der Waals surface area contributed by atoms with Gasteiger partial charge >= 0.3 is 0 Å². The van der Waals surface area contributed by atoms with Crippen molar-refractivity contribution in [3.63, 3.8) is 0 Å². The number of rotatable bonds is 10. The molecule has 0 aliphatic carbocycles. The SMILES string of the molecule is CCNC(=NCCCN1CCCC1=O)NCCN(C(C)C)C(C)C. The molecule has 0 bridgehead atoms. The molecular formula is C18H37N5O. The van der Waals surface area contributed by atoms with Crippen molar-refractivity contribution >= 4 is 11.9 Å². The predicted octanol–water partition coefficient (Wildman–Crippen LogP) is 1.67. The van der Waals surface area contributed by atoms with Crippen molar-refractivity contribution in [1.29, 1.82) is 0 Å². The summed E-state index contributed by atoms with van der Waals surface area (Å²) in [5.41, 5.74) is 0. The summed E-state index contributed by atoms with van der Waals surface area (Å²) >= 11 is 0. The Bertz CT molecular complexity index is 387. The van der Waals surface area contributed by atoms with Gasteiger partial charge in [-0.2, -0.15) is 0 Å². The summed E-state index contributed by atoms with van der Waals surface area (Å²) < 4.78 is 0. The Morgan fingerprint density at radius 3 is 2.50 bits per heavy atom. The molecule has 0 saturated carbocycles. The van der Waals surface area contributed by atoms with Gasteiger partial charge in [-0.05, 0) is 47.5 Å². The van der Waals surface area contributed by atoms with Crippen LogP contribution >= 0.6 is 0 Å². The van der Waals surface area contributed by atoms with Crippen LogP contribution in [-0.4, -0.2) is 73.0 Å². The molecule has 0 unspecified atom stereocenters. The van der Waals surface area contributed by atoms with E-state index in [1.54, 1.807) is 0 Å². The van der Waals surface area contributed by atoms with E-state index in [-0.39, 0.29) is 0 Å². The average molecular weight is 340 g/mol. The summed E-state index contributed by atoms with van der Waals surface area (Å²) in [6.45, 7) is 16.3. The maximum absolute atomic E-state index is 11.6. The third-order valence-corrected chi connectivity index (χ3v) is 4.36. The van der Waals surface area contributed by atoms with E-state index in [4.69, 9.17) is 0 Å². The molecule has 1 rings (SSSR count). The van der Waals surface area contributed by atoms with Crippen molar-refractivity contribution in [2.45, 2.75) is 66.0 Å². The maximum Gasteiger partial charge on any atom is 0.222 e. The van der Waals surface area contributed by atoms with Gasteiger partial charge in [0.15, 0.2) is 5.96 Å². The Morgan fingerprint density at radius 2 is 1.96 bits per heavy atom. The molecule has 0 atom stereocenters. The van der Waals surface area contributed by atoms with Crippen LogP contribution in [-0.2, 0) is 4.79 Å². The quantitative estimate of drug-likeness (QED) is 0.361. The maximum atomic E-state index is 11.6. The number of nitrogens with zero attached hydrogens (tertiary/aromatic N) is 3. The first kappa shape index (κ1) is 20.7. The summed E-state index contributed by atoms with van der Waals surface area (Å²) in [7, 11) is 0. The van der Waals surface area contributed by atoms with Crippen LogP contribution < -0.4 is 10.6 Å². The van der Waals surface area contributed by atoms with Crippen LogP contribution in [0.1, 0.15) is 53.9 Å². The molecule has 0 spiro atoms. The van der Waals surface area contributed by atoms with E-state index < -0.39 is 0 Å². The highest BCUT2D eigenvalue weighted by Gasteiger charge is 2.18. The number of carbonyl (C=O) groups is 1. The van der Waals surface area contributed by atoms with Crippen molar-refractivity contribution < 1.29 is 4.79 Å². The van der Waals surface area contributed by atoms with E-state index in [2.05, 4.69) is 55.1 Å². The second-order valence-electron chi connectivity index (χ2n) is 6.95. The molecule has 0 aromatic heterocycles. The Hall–Kier alpha value is -1.30. The number of hydrogen-bond donors (Lipinski definition) is 2. The molecule has 1 aliphatic heterocycles. The zero-order valence-electron chi connectivity index (χ0n) is 16.3. The van der Waals surface area contributed by atoms with Crippen LogP contribution in [0.3, 0.4) is 0 Å². The summed E-state index contributed by atoms with van der Waals surface area (Å²) in [6, 6.07) is 1.09. The molecular weight excluding hydrogens is 302 g/mol. The van der Waals surface area contributed by atoms with Crippen molar-refractivity contribution in [3.05, 3.63) is 0 Å². The van der Waals surface area contributed by atoms with Gasteiger partial charge in [-0.3, -0.25) is 14.7 Å². The summed E-state index contributed by atoms with van der Waals surface area (Å²) in [4.78, 5) is 20.6. The Morgan fingerprint density at radius 1 is 1.25 bits per heavy atom. The number of hydrogen-bond acceptors (Lipinski definition) is 3. The van der Waals surface area contributed by atoms with E-state index in [0.717, 1.165) is 64.5 Å². The van der Waals surface area contributed by atoms with Gasteiger partial charge in [0.2, 0.25) is 5.91 Å². The number of carbonyl (C=O) groups excluding carboxylic acids is 1. The molecule has 1 saturated heterocycles. The zero-order valence-corrected chi connectivity index (χ0v) is 16.3. The largest absolute Gasteiger partial charge is 0.357 e. The van der Waals surface area contributed by atoms with Crippen molar-refractivity contribution in [3.8, 4) is 0 Å². The second kappa shape index (κ2) is 11.3. The van der Waals surface area contributed by atoms with Crippen LogP contribution in [0.2, 0.25) is 0 Å². The third-order valence-electron chi connectivity index (χ3n) is 4.36. The lowest BCUT2D eigenvalue weighted by Crippen LogP contribution is -2.45. The van der Waals surface area contributed by atoms with E-state index in [1.807, 2.05) is 4.90 Å². The van der Waals surface area contributed by atoms with Gasteiger partial charge in [-0.15, -0.1) is 0 Å². The lowest BCUT2D eigenvalue weighted by molar-refractivity contribution is -0.127. The minimum Gasteiger partial charge on any atom is -0.357 e. The Kier molecular flexibility index (Phi) is 9.76. The number of guanidine groups is 1. The van der Waals surface area contributed by atoms with Crippen molar-refractivity contribution in [2.24, 2.45) is 4.99 Å². The molecule has 6 nitrogen and oxygen atoms in total. The molecule has 2 N–H and O–H groups in total. The van der Waals surface area contributed by atoms with Crippen molar-refractivity contribution in [1.82, 2.24) is 20.4 Å². The standard InChI is InChI=1S/C18H37N5O/c1-6-19-18(21-11-14-23(15(2)3)16(4)5)20-10-8-13-22-12-7-9-17(22)24/h15-16H,6-14H2,1-5H3,(H2,19,20,21). The first-order valence-corrected chi connectivity index (χ1v) is 9.51. The highest BCUT2D eigenvalue weighted by molar-refractivity contribution is 5.79. The number of nitrogens with one attached hydrogen (secondary N) is 2. The van der Waals surface area contributed by atoms with Gasteiger partial charge < -0.3 is 15.5 Å².